The van der Waals surface area contributed by atoms with Crippen LogP contribution in [0.2, 0.25) is 0 Å². The van der Waals surface area contributed by atoms with Crippen LogP contribution >= 0.6 is 0 Å². The fraction of sp³-hybridized carbons (Fsp3) is 0.231. The number of hydrogen-bond donors (Lipinski definition) is 4. The number of rotatable bonds is 8. The first kappa shape index (κ1) is 34.6. The van der Waals surface area contributed by atoms with Crippen molar-refractivity contribution in [2.75, 3.05) is 10.6 Å². The van der Waals surface area contributed by atoms with Gasteiger partial charge in [0.15, 0.2) is 0 Å². The standard InChI is InChI=1S/C24H23F3N8O2S.C2HF3O2/c1-14(2)35-38(36,37)21-7-5-4-6-18(21)33-20-9-22(30-12-17(20)24(25,26)27)34-23-8-19(31-15(3)32-23)16-10-28-13-29-11-16;3-2(4,5)1(6)7/h4-14,35H,1-3H3,(H2,30,31,32,33,34);(H,6,7). The highest BCUT2D eigenvalue weighted by Gasteiger charge is 2.38. The van der Waals surface area contributed by atoms with Gasteiger partial charge in [0, 0.05) is 42.3 Å². The van der Waals surface area contributed by atoms with Gasteiger partial charge in [-0.3, -0.25) is 0 Å². The van der Waals surface area contributed by atoms with Gasteiger partial charge in [0.1, 0.15) is 28.7 Å². The maximum absolute atomic E-state index is 13.8. The predicted octanol–water partition coefficient (Wildman–Crippen LogP) is 5.46. The number of aliphatic carboxylic acids is 1. The molecule has 4 aromatic rings. The Hall–Kier alpha value is -4.91. The van der Waals surface area contributed by atoms with Crippen molar-refractivity contribution in [2.24, 2.45) is 0 Å². The van der Waals surface area contributed by atoms with Gasteiger partial charge in [0.05, 0.1) is 22.6 Å². The summed E-state index contributed by atoms with van der Waals surface area (Å²) in [5.74, 6) is -2.04. The number of carboxylic acid groups (broad SMARTS) is 1. The van der Waals surface area contributed by atoms with E-state index < -0.39 is 45.6 Å². The lowest BCUT2D eigenvalue weighted by atomic mass is 10.2. The zero-order valence-corrected chi connectivity index (χ0v) is 24.3. The number of carbonyl (C=O) groups is 1. The van der Waals surface area contributed by atoms with E-state index in [9.17, 15) is 34.8 Å². The minimum atomic E-state index is -5.08. The number of para-hydroxylation sites is 1. The van der Waals surface area contributed by atoms with Crippen molar-refractivity contribution in [3.8, 4) is 11.3 Å². The highest BCUT2D eigenvalue weighted by Crippen LogP contribution is 2.38. The molecule has 0 fully saturated rings. The Morgan fingerprint density at radius 3 is 2.09 bits per heavy atom. The number of aromatic nitrogens is 5. The number of anilines is 4. The van der Waals surface area contributed by atoms with E-state index in [2.05, 4.69) is 40.3 Å². The van der Waals surface area contributed by atoms with Crippen molar-refractivity contribution in [3.63, 3.8) is 0 Å². The summed E-state index contributed by atoms with van der Waals surface area (Å²) in [4.78, 5) is 29.1. The smallest absolute Gasteiger partial charge is 0.475 e. The summed E-state index contributed by atoms with van der Waals surface area (Å²) in [5.41, 5.74) is -0.385. The maximum atomic E-state index is 13.8. The summed E-state index contributed by atoms with van der Waals surface area (Å²) in [5, 5.41) is 12.6. The monoisotopic (exact) mass is 658 g/mol. The molecular formula is C26H24F6N8O4S. The molecule has 0 bridgehead atoms. The molecule has 0 radical (unpaired) electrons. The average Bonchev–Trinajstić information content (AvgIpc) is 2.92. The third-order valence-electron chi connectivity index (χ3n) is 5.24. The molecule has 0 saturated heterocycles. The van der Waals surface area contributed by atoms with Crippen LogP contribution in [0.15, 0.2) is 66.2 Å². The first-order chi connectivity index (χ1) is 20.9. The van der Waals surface area contributed by atoms with Gasteiger partial charge in [-0.2, -0.15) is 26.3 Å². The van der Waals surface area contributed by atoms with Crippen LogP contribution < -0.4 is 15.4 Å². The topological polar surface area (TPSA) is 172 Å². The largest absolute Gasteiger partial charge is 0.490 e. The second-order valence-corrected chi connectivity index (χ2v) is 10.9. The Bertz CT molecular complexity index is 1750. The van der Waals surface area contributed by atoms with Gasteiger partial charge in [-0.25, -0.2) is 42.9 Å². The van der Waals surface area contributed by atoms with Gasteiger partial charge in [0.25, 0.3) is 0 Å². The summed E-state index contributed by atoms with van der Waals surface area (Å²) in [7, 11) is -4.01. The van der Waals surface area contributed by atoms with Crippen LogP contribution in [0, 0.1) is 6.92 Å². The molecule has 1 aromatic carbocycles. The summed E-state index contributed by atoms with van der Waals surface area (Å²) >= 11 is 0. The molecule has 0 aliphatic rings. The van der Waals surface area contributed by atoms with E-state index in [0.717, 1.165) is 6.07 Å². The lowest BCUT2D eigenvalue weighted by Crippen LogP contribution is -2.30. The third kappa shape index (κ3) is 9.80. The van der Waals surface area contributed by atoms with Gasteiger partial charge in [0.2, 0.25) is 10.0 Å². The second kappa shape index (κ2) is 13.8. The van der Waals surface area contributed by atoms with Crippen LogP contribution in [0.4, 0.5) is 49.4 Å². The van der Waals surface area contributed by atoms with Crippen LogP contribution in [-0.2, 0) is 21.0 Å². The molecule has 4 rings (SSSR count). The normalized spacial score (nSPS) is 11.9. The second-order valence-electron chi connectivity index (χ2n) is 9.25. The molecule has 0 spiro atoms. The summed E-state index contributed by atoms with van der Waals surface area (Å²) < 4.78 is 101. The molecule has 45 heavy (non-hydrogen) atoms. The Labute approximate surface area is 252 Å². The highest BCUT2D eigenvalue weighted by atomic mass is 32.2. The third-order valence-corrected chi connectivity index (χ3v) is 6.96. The van der Waals surface area contributed by atoms with E-state index in [1.54, 1.807) is 39.2 Å². The Kier molecular flexibility index (Phi) is 10.6. The van der Waals surface area contributed by atoms with Crippen LogP contribution in [0.25, 0.3) is 11.3 Å². The van der Waals surface area contributed by atoms with Crippen molar-refractivity contribution in [1.82, 2.24) is 29.6 Å². The van der Waals surface area contributed by atoms with Gasteiger partial charge in [-0.15, -0.1) is 0 Å². The van der Waals surface area contributed by atoms with Gasteiger partial charge < -0.3 is 15.7 Å². The summed E-state index contributed by atoms with van der Waals surface area (Å²) in [6, 6.07) is 7.98. The van der Waals surface area contributed by atoms with E-state index in [1.165, 1.54) is 30.6 Å². The molecule has 0 unspecified atom stereocenters. The molecule has 3 heterocycles. The number of sulfonamides is 1. The van der Waals surface area contributed by atoms with Crippen molar-refractivity contribution in [2.45, 2.75) is 44.1 Å². The molecule has 0 aliphatic carbocycles. The van der Waals surface area contributed by atoms with E-state index >= 15 is 0 Å². The lowest BCUT2D eigenvalue weighted by molar-refractivity contribution is -0.192. The zero-order valence-electron chi connectivity index (χ0n) is 23.4. The van der Waals surface area contributed by atoms with Crippen molar-refractivity contribution < 1.29 is 44.7 Å². The molecule has 0 aliphatic heterocycles. The van der Waals surface area contributed by atoms with E-state index in [-0.39, 0.29) is 22.2 Å². The van der Waals surface area contributed by atoms with Crippen LogP contribution in [0.1, 0.15) is 25.2 Å². The fourth-order valence-electron chi connectivity index (χ4n) is 3.52. The molecule has 12 nitrogen and oxygen atoms in total. The zero-order chi connectivity index (χ0) is 33.6. The van der Waals surface area contributed by atoms with Crippen molar-refractivity contribution in [1.29, 1.82) is 0 Å². The molecule has 0 saturated carbocycles. The summed E-state index contributed by atoms with van der Waals surface area (Å²) in [6.45, 7) is 4.94. The molecule has 3 aromatic heterocycles. The Balaban J connectivity index is 0.000000707. The number of halogens is 6. The van der Waals surface area contributed by atoms with Gasteiger partial charge >= 0.3 is 18.3 Å². The highest BCUT2D eigenvalue weighted by molar-refractivity contribution is 7.89. The number of alkyl halides is 6. The minimum Gasteiger partial charge on any atom is -0.475 e. The molecule has 19 heteroatoms. The average molecular weight is 659 g/mol. The maximum Gasteiger partial charge on any atom is 0.490 e. The SMILES string of the molecule is Cc1nc(Nc2cc(Nc3ccccc3S(=O)(=O)NC(C)C)c(C(F)(F)F)cn2)cc(-c2cncnc2)n1.O=C(O)C(F)(F)F. The number of nitrogens with zero attached hydrogens (tertiary/aromatic N) is 5. The van der Waals surface area contributed by atoms with Crippen LogP contribution in [0.5, 0.6) is 0 Å². The molecular weight excluding hydrogens is 634 g/mol. The van der Waals surface area contributed by atoms with E-state index in [1.807, 2.05) is 0 Å². The fourth-order valence-corrected chi connectivity index (χ4v) is 4.93. The van der Waals surface area contributed by atoms with Crippen LogP contribution in [0.3, 0.4) is 0 Å². The number of benzene rings is 1. The Morgan fingerprint density at radius 1 is 0.889 bits per heavy atom. The molecule has 240 valence electrons. The Morgan fingerprint density at radius 2 is 1.51 bits per heavy atom. The van der Waals surface area contributed by atoms with Crippen LogP contribution in [-0.4, -0.2) is 56.6 Å². The molecule has 0 atom stereocenters. The van der Waals surface area contributed by atoms with E-state index in [0.29, 0.717) is 23.3 Å². The number of pyridine rings is 1. The van der Waals surface area contributed by atoms with Crippen molar-refractivity contribution in [3.05, 3.63) is 72.7 Å². The van der Waals surface area contributed by atoms with Crippen molar-refractivity contribution >= 4 is 39.0 Å². The number of aryl methyl sites for hydroxylation is 1. The first-order valence-corrected chi connectivity index (χ1v) is 14.0. The lowest BCUT2D eigenvalue weighted by Gasteiger charge is -2.18. The minimum absolute atomic E-state index is 0.0347. The number of hydrogen-bond acceptors (Lipinski definition) is 10. The molecule has 0 amide bonds. The quantitative estimate of drug-likeness (QED) is 0.177. The predicted molar refractivity (Wildman–Crippen MR) is 149 cm³/mol. The molecule has 4 N–H and O–H groups in total. The van der Waals surface area contributed by atoms with Gasteiger partial charge in [-0.05, 0) is 32.9 Å². The summed E-state index contributed by atoms with van der Waals surface area (Å²) in [6.07, 6.45) is -4.68. The van der Waals surface area contributed by atoms with E-state index in [4.69, 9.17) is 9.90 Å². The number of carboxylic acids is 1. The number of nitrogens with one attached hydrogen (secondary N) is 3. The first-order valence-electron chi connectivity index (χ1n) is 12.5. The van der Waals surface area contributed by atoms with Gasteiger partial charge in [-0.1, -0.05) is 12.1 Å².